The normalized spacial score (nSPS) is 12.6. The number of nitrogens with one attached hydrogen (secondary N) is 2. The van der Waals surface area contributed by atoms with Crippen molar-refractivity contribution in [1.29, 1.82) is 0 Å². The van der Waals surface area contributed by atoms with Gasteiger partial charge in [0.05, 0.1) is 0 Å². The van der Waals surface area contributed by atoms with E-state index in [4.69, 9.17) is 0 Å². The summed E-state index contributed by atoms with van der Waals surface area (Å²) in [7, 11) is 0. The second-order valence-electron chi connectivity index (χ2n) is 16.2. The van der Waals surface area contributed by atoms with Crippen LogP contribution in [-0.2, 0) is 48.9 Å². The van der Waals surface area contributed by atoms with Gasteiger partial charge in [-0.25, -0.2) is 0 Å². The van der Waals surface area contributed by atoms with Crippen molar-refractivity contribution >= 4 is 17.6 Å². The molecular formula is C37H56N2O5. The number of hydrogen-bond acceptors (Lipinski definition) is 5. The van der Waals surface area contributed by atoms with Gasteiger partial charge in [0.15, 0.2) is 0 Å². The number of carbonyl (C=O) groups excluding carboxylic acids is 3. The number of amides is 2. The zero-order chi connectivity index (χ0) is 33.8. The van der Waals surface area contributed by atoms with Crippen LogP contribution >= 0.6 is 0 Å². The van der Waals surface area contributed by atoms with Crippen LogP contribution in [0.1, 0.15) is 142 Å². The fraction of sp³-hybridized carbons (Fsp3) is 0.595. The molecule has 0 aliphatic rings. The second kappa shape index (κ2) is 13.7. The summed E-state index contributed by atoms with van der Waals surface area (Å²) in [5, 5.41) is 21.8. The van der Waals surface area contributed by atoms with Crippen molar-refractivity contribution in [1.82, 2.24) is 10.9 Å². The highest BCUT2D eigenvalue weighted by atomic mass is 16.3. The van der Waals surface area contributed by atoms with Crippen LogP contribution in [0.25, 0.3) is 0 Å². The summed E-state index contributed by atoms with van der Waals surface area (Å²) >= 11 is 0. The van der Waals surface area contributed by atoms with Gasteiger partial charge in [0, 0.05) is 25.7 Å². The Morgan fingerprint density at radius 2 is 0.795 bits per heavy atom. The minimum absolute atomic E-state index is 0.0168. The van der Waals surface area contributed by atoms with Gasteiger partial charge in [-0.1, -0.05) is 107 Å². The number of aromatic hydroxyl groups is 2. The molecule has 0 heterocycles. The maximum atomic E-state index is 12.6. The number of rotatable bonds is 9. The molecule has 2 amide bonds. The lowest BCUT2D eigenvalue weighted by Gasteiger charge is -2.28. The number of aryl methyl sites for hydroxylation is 2. The zero-order valence-electron chi connectivity index (χ0n) is 29.2. The smallest absolute Gasteiger partial charge is 0.238 e. The van der Waals surface area contributed by atoms with E-state index in [2.05, 4.69) is 52.4 Å². The maximum Gasteiger partial charge on any atom is 0.238 e. The van der Waals surface area contributed by atoms with Gasteiger partial charge >= 0.3 is 0 Å². The van der Waals surface area contributed by atoms with Crippen LogP contribution in [0.4, 0.5) is 0 Å². The molecule has 0 saturated heterocycles. The van der Waals surface area contributed by atoms with Crippen molar-refractivity contribution in [2.45, 2.75) is 143 Å². The Morgan fingerprint density at radius 1 is 0.500 bits per heavy atom. The van der Waals surface area contributed by atoms with Crippen molar-refractivity contribution in [2.24, 2.45) is 0 Å². The number of Topliss-reactive ketones (excluding diaryl/α,β-unsaturated/α-hetero) is 1. The molecule has 44 heavy (non-hydrogen) atoms. The van der Waals surface area contributed by atoms with Gasteiger partial charge in [0.1, 0.15) is 17.3 Å². The van der Waals surface area contributed by atoms with E-state index >= 15 is 0 Å². The Kier molecular flexibility index (Phi) is 11.5. The molecule has 244 valence electrons. The summed E-state index contributed by atoms with van der Waals surface area (Å²) in [6.45, 7) is 24.6. The number of ketones is 1. The van der Waals surface area contributed by atoms with Crippen LogP contribution in [-0.4, -0.2) is 27.8 Å². The van der Waals surface area contributed by atoms with Gasteiger partial charge in [0.25, 0.3) is 0 Å². The van der Waals surface area contributed by atoms with Crippen LogP contribution in [0.5, 0.6) is 11.5 Å². The number of phenolic OH excluding ortho intramolecular Hbond substituents is 2. The number of carbonyl (C=O) groups is 3. The molecule has 0 radical (unpaired) electrons. The standard InChI is InChI=1S/C37H56N2O5/c1-34(2,3)26-19-23(20-27(32(26)43)35(4,5)6)13-15-25(40)16-18-31(42)39-38-30(41)17-14-24-21-28(36(7,8)9)33(44)29(22-24)37(10,11)12/h19-22,43-44H,13-18H2,1-12H3,(H,38,41)(H,39,42). The molecule has 7 nitrogen and oxygen atoms in total. The van der Waals surface area contributed by atoms with E-state index in [0.717, 1.165) is 33.4 Å². The SMILES string of the molecule is CC(C)(C)c1cc(CCC(=O)CCC(=O)NNC(=O)CCc2cc(C(C)(C)C)c(O)c(C(C)(C)C)c2)cc(C(C)(C)C)c1O. The summed E-state index contributed by atoms with van der Waals surface area (Å²) < 4.78 is 0. The van der Waals surface area contributed by atoms with Gasteiger partial charge in [-0.05, 0) is 67.9 Å². The Labute approximate surface area is 265 Å². The van der Waals surface area contributed by atoms with E-state index in [9.17, 15) is 24.6 Å². The van der Waals surface area contributed by atoms with Gasteiger partial charge in [-0.3, -0.25) is 25.2 Å². The van der Waals surface area contributed by atoms with E-state index in [1.54, 1.807) is 0 Å². The van der Waals surface area contributed by atoms with Crippen molar-refractivity contribution < 1.29 is 24.6 Å². The molecule has 0 unspecified atom stereocenters. The lowest BCUT2D eigenvalue weighted by molar-refractivity contribution is -0.129. The van der Waals surface area contributed by atoms with Crippen molar-refractivity contribution in [2.75, 3.05) is 0 Å². The number of phenols is 2. The maximum absolute atomic E-state index is 12.6. The fourth-order valence-corrected chi connectivity index (χ4v) is 5.15. The molecule has 2 aromatic carbocycles. The van der Waals surface area contributed by atoms with Gasteiger partial charge in [-0.2, -0.15) is 0 Å². The Morgan fingerprint density at radius 3 is 1.11 bits per heavy atom. The monoisotopic (exact) mass is 608 g/mol. The molecule has 4 N–H and O–H groups in total. The minimum Gasteiger partial charge on any atom is -0.507 e. The molecule has 0 atom stereocenters. The van der Waals surface area contributed by atoms with Gasteiger partial charge in [-0.15, -0.1) is 0 Å². The van der Waals surface area contributed by atoms with Crippen LogP contribution in [0.15, 0.2) is 24.3 Å². The van der Waals surface area contributed by atoms with E-state index < -0.39 is 5.91 Å². The van der Waals surface area contributed by atoms with Crippen LogP contribution < -0.4 is 10.9 Å². The third-order valence-corrected chi connectivity index (χ3v) is 7.88. The van der Waals surface area contributed by atoms with Crippen molar-refractivity contribution in [3.63, 3.8) is 0 Å². The zero-order valence-corrected chi connectivity index (χ0v) is 29.2. The highest BCUT2D eigenvalue weighted by Gasteiger charge is 2.28. The predicted octanol–water partition coefficient (Wildman–Crippen LogP) is 7.35. The van der Waals surface area contributed by atoms with Crippen molar-refractivity contribution in [3.05, 3.63) is 57.6 Å². The average Bonchev–Trinajstić information content (AvgIpc) is 2.86. The highest BCUT2D eigenvalue weighted by Crippen LogP contribution is 2.41. The first kappa shape index (κ1) is 36.8. The minimum atomic E-state index is -0.420. The van der Waals surface area contributed by atoms with E-state index in [1.807, 2.05) is 65.8 Å². The summed E-state index contributed by atoms with van der Waals surface area (Å²) in [5.74, 6) is -0.176. The third-order valence-electron chi connectivity index (χ3n) is 7.88. The Bertz CT molecular complexity index is 1190. The summed E-state index contributed by atoms with van der Waals surface area (Å²) in [6, 6.07) is 7.86. The molecule has 0 fully saturated rings. The first-order valence-electron chi connectivity index (χ1n) is 15.7. The first-order valence-corrected chi connectivity index (χ1v) is 15.7. The number of hydrogen-bond donors (Lipinski definition) is 4. The summed E-state index contributed by atoms with van der Waals surface area (Å²) in [6.07, 6.45) is 1.49. The molecule has 0 aliphatic heterocycles. The van der Waals surface area contributed by atoms with Crippen LogP contribution in [0.3, 0.4) is 0 Å². The molecule has 0 aromatic heterocycles. The lowest BCUT2D eigenvalue weighted by Crippen LogP contribution is -2.41. The van der Waals surface area contributed by atoms with Crippen LogP contribution in [0, 0.1) is 0 Å². The molecule has 2 rings (SSSR count). The van der Waals surface area contributed by atoms with Gasteiger partial charge in [0.2, 0.25) is 11.8 Å². The summed E-state index contributed by atoms with van der Waals surface area (Å²) in [5.41, 5.74) is 9.19. The first-order chi connectivity index (χ1) is 19.9. The van der Waals surface area contributed by atoms with Gasteiger partial charge < -0.3 is 10.2 Å². The molecule has 0 spiro atoms. The van der Waals surface area contributed by atoms with E-state index in [1.165, 1.54) is 0 Å². The topological polar surface area (TPSA) is 116 Å². The van der Waals surface area contributed by atoms with Crippen molar-refractivity contribution in [3.8, 4) is 11.5 Å². The predicted molar refractivity (Wildman–Crippen MR) is 178 cm³/mol. The van der Waals surface area contributed by atoms with E-state index in [0.29, 0.717) is 24.3 Å². The highest BCUT2D eigenvalue weighted by molar-refractivity contribution is 5.86. The summed E-state index contributed by atoms with van der Waals surface area (Å²) in [4.78, 5) is 37.5. The second-order valence-corrected chi connectivity index (χ2v) is 16.2. The molecule has 0 bridgehead atoms. The molecular weight excluding hydrogens is 552 g/mol. The Hall–Kier alpha value is -3.35. The number of hydrazine groups is 1. The number of benzene rings is 2. The Balaban J connectivity index is 1.91. The quantitative estimate of drug-likeness (QED) is 0.222. The van der Waals surface area contributed by atoms with Crippen LogP contribution in [0.2, 0.25) is 0 Å². The molecule has 7 heteroatoms. The average molecular weight is 609 g/mol. The molecule has 2 aromatic rings. The third kappa shape index (κ3) is 10.4. The van der Waals surface area contributed by atoms with E-state index in [-0.39, 0.29) is 59.0 Å². The lowest BCUT2D eigenvalue weighted by atomic mass is 9.78. The largest absolute Gasteiger partial charge is 0.507 e. The molecule has 0 saturated carbocycles. The molecule has 0 aliphatic carbocycles. The fourth-order valence-electron chi connectivity index (χ4n) is 5.15.